The van der Waals surface area contributed by atoms with E-state index >= 15 is 0 Å². The first kappa shape index (κ1) is 20.0. The highest BCUT2D eigenvalue weighted by Crippen LogP contribution is 2.17. The number of nitrogens with zero attached hydrogens (tertiary/aromatic N) is 1. The van der Waals surface area contributed by atoms with E-state index in [0.717, 1.165) is 5.75 Å². The van der Waals surface area contributed by atoms with Gasteiger partial charge in [0.15, 0.2) is 0 Å². The summed E-state index contributed by atoms with van der Waals surface area (Å²) >= 11 is 0. The third-order valence-electron chi connectivity index (χ3n) is 3.73. The Bertz CT molecular complexity index is 515. The smallest absolute Gasteiger partial charge is 0.307 e. The number of benzene rings is 1. The first-order chi connectivity index (χ1) is 11.4. The van der Waals surface area contributed by atoms with E-state index in [-0.39, 0.29) is 37.9 Å². The lowest BCUT2D eigenvalue weighted by Gasteiger charge is -2.37. The zero-order valence-electron chi connectivity index (χ0n) is 14.7. The van der Waals surface area contributed by atoms with E-state index in [1.165, 1.54) is 12.0 Å². The van der Waals surface area contributed by atoms with Crippen molar-refractivity contribution < 1.29 is 24.2 Å². The molecule has 24 heavy (non-hydrogen) atoms. The van der Waals surface area contributed by atoms with Crippen molar-refractivity contribution in [1.29, 1.82) is 0 Å². The molecule has 0 bridgehead atoms. The lowest BCUT2D eigenvalue weighted by atomic mass is 10.0. The molecule has 0 aliphatic carbocycles. The average molecular weight is 337 g/mol. The van der Waals surface area contributed by atoms with Gasteiger partial charge in [0, 0.05) is 13.0 Å². The second kappa shape index (κ2) is 9.93. The van der Waals surface area contributed by atoms with Crippen LogP contribution in [0.4, 0.5) is 0 Å². The van der Waals surface area contributed by atoms with Crippen LogP contribution >= 0.6 is 0 Å². The van der Waals surface area contributed by atoms with Gasteiger partial charge in [-0.1, -0.05) is 18.2 Å². The molecule has 1 aromatic carbocycles. The van der Waals surface area contributed by atoms with E-state index in [1.807, 2.05) is 30.3 Å². The number of aliphatic hydroxyl groups excluding tert-OH is 1. The van der Waals surface area contributed by atoms with Crippen molar-refractivity contribution in [3.05, 3.63) is 30.3 Å². The number of carbonyl (C=O) groups excluding carboxylic acids is 2. The molecule has 0 radical (unpaired) electrons. The lowest BCUT2D eigenvalue weighted by Crippen LogP contribution is -2.51. The number of hydrogen-bond acceptors (Lipinski definition) is 5. The number of hydrogen-bond donors (Lipinski definition) is 1. The van der Waals surface area contributed by atoms with E-state index in [2.05, 4.69) is 4.74 Å². The molecule has 0 aliphatic heterocycles. The number of para-hydroxylation sites is 1. The minimum atomic E-state index is -0.731. The Labute approximate surface area is 143 Å². The van der Waals surface area contributed by atoms with E-state index in [0.29, 0.717) is 13.0 Å². The van der Waals surface area contributed by atoms with Crippen LogP contribution in [0.3, 0.4) is 0 Å². The predicted octanol–water partition coefficient (Wildman–Crippen LogP) is 2.01. The highest BCUT2D eigenvalue weighted by atomic mass is 16.5. The minimum absolute atomic E-state index is 0.103. The number of esters is 1. The standard InChI is InChI=1S/C18H27NO5/c1-18(2,14-20)19(12-11-17(22)23-3)16(21)10-7-13-24-15-8-5-4-6-9-15/h4-6,8-9,20H,7,10-14H2,1-3H3. The Hall–Kier alpha value is -2.08. The van der Waals surface area contributed by atoms with Gasteiger partial charge in [-0.2, -0.15) is 0 Å². The molecule has 0 spiro atoms. The number of methoxy groups -OCH3 is 1. The van der Waals surface area contributed by atoms with Crippen molar-refractivity contribution in [1.82, 2.24) is 4.90 Å². The van der Waals surface area contributed by atoms with E-state index in [9.17, 15) is 14.7 Å². The fraction of sp³-hybridized carbons (Fsp3) is 0.556. The van der Waals surface area contributed by atoms with E-state index in [4.69, 9.17) is 4.74 Å². The first-order valence-electron chi connectivity index (χ1n) is 8.06. The highest BCUT2D eigenvalue weighted by molar-refractivity contribution is 5.78. The molecule has 0 aromatic heterocycles. The fourth-order valence-corrected chi connectivity index (χ4v) is 2.22. The third-order valence-corrected chi connectivity index (χ3v) is 3.73. The van der Waals surface area contributed by atoms with Crippen molar-refractivity contribution in [3.63, 3.8) is 0 Å². The van der Waals surface area contributed by atoms with Gasteiger partial charge in [0.1, 0.15) is 5.75 Å². The zero-order valence-corrected chi connectivity index (χ0v) is 14.7. The van der Waals surface area contributed by atoms with Crippen molar-refractivity contribution >= 4 is 11.9 Å². The van der Waals surface area contributed by atoms with Gasteiger partial charge in [-0.05, 0) is 32.4 Å². The van der Waals surface area contributed by atoms with Crippen LogP contribution in [0.2, 0.25) is 0 Å². The summed E-state index contributed by atoms with van der Waals surface area (Å²) < 4.78 is 10.2. The van der Waals surface area contributed by atoms with Crippen LogP contribution < -0.4 is 4.74 Å². The van der Waals surface area contributed by atoms with Crippen LogP contribution in [0.15, 0.2) is 30.3 Å². The van der Waals surface area contributed by atoms with Gasteiger partial charge in [0.25, 0.3) is 0 Å². The molecule has 6 nitrogen and oxygen atoms in total. The fourth-order valence-electron chi connectivity index (χ4n) is 2.22. The number of aliphatic hydroxyl groups is 1. The normalized spacial score (nSPS) is 11.0. The molecule has 0 heterocycles. The molecule has 0 atom stereocenters. The Balaban J connectivity index is 2.49. The summed E-state index contributed by atoms with van der Waals surface area (Å²) in [7, 11) is 1.31. The summed E-state index contributed by atoms with van der Waals surface area (Å²) in [4.78, 5) is 25.3. The summed E-state index contributed by atoms with van der Waals surface area (Å²) in [6.45, 7) is 4.00. The third kappa shape index (κ3) is 6.58. The summed E-state index contributed by atoms with van der Waals surface area (Å²) in [5.74, 6) is 0.270. The monoisotopic (exact) mass is 337 g/mol. The zero-order chi connectivity index (χ0) is 18.0. The maximum absolute atomic E-state index is 12.5. The van der Waals surface area contributed by atoms with Gasteiger partial charge >= 0.3 is 5.97 Å². The van der Waals surface area contributed by atoms with Crippen molar-refractivity contribution in [3.8, 4) is 5.75 Å². The molecule has 134 valence electrons. The molecular weight excluding hydrogens is 310 g/mol. The Morgan fingerprint density at radius 3 is 2.42 bits per heavy atom. The Kier molecular flexibility index (Phi) is 8.26. The van der Waals surface area contributed by atoms with Crippen LogP contribution in [0.1, 0.15) is 33.1 Å². The molecule has 0 aliphatic rings. The Morgan fingerprint density at radius 2 is 1.83 bits per heavy atom. The van der Waals surface area contributed by atoms with Gasteiger partial charge in [0.05, 0.1) is 32.3 Å². The lowest BCUT2D eigenvalue weighted by molar-refractivity contribution is -0.144. The molecule has 0 saturated heterocycles. The van der Waals surface area contributed by atoms with Gasteiger partial charge < -0.3 is 19.5 Å². The number of carbonyl (C=O) groups is 2. The second-order valence-electron chi connectivity index (χ2n) is 6.11. The summed E-state index contributed by atoms with van der Waals surface area (Å²) in [5, 5.41) is 9.52. The largest absolute Gasteiger partial charge is 0.494 e. The first-order valence-corrected chi connectivity index (χ1v) is 8.06. The van der Waals surface area contributed by atoms with Gasteiger partial charge in [-0.15, -0.1) is 0 Å². The summed E-state index contributed by atoms with van der Waals surface area (Å²) in [5.41, 5.74) is -0.731. The summed E-state index contributed by atoms with van der Waals surface area (Å²) in [6, 6.07) is 9.41. The maximum atomic E-state index is 12.5. The molecule has 0 fully saturated rings. The van der Waals surface area contributed by atoms with Crippen LogP contribution in [-0.2, 0) is 14.3 Å². The highest BCUT2D eigenvalue weighted by Gasteiger charge is 2.30. The van der Waals surface area contributed by atoms with Crippen LogP contribution in [0, 0.1) is 0 Å². The van der Waals surface area contributed by atoms with E-state index < -0.39 is 5.54 Å². The topological polar surface area (TPSA) is 76.1 Å². The summed E-state index contributed by atoms with van der Waals surface area (Å²) in [6.07, 6.45) is 0.952. The van der Waals surface area contributed by atoms with Gasteiger partial charge in [0.2, 0.25) is 5.91 Å². The average Bonchev–Trinajstić information content (AvgIpc) is 2.59. The molecule has 1 N–H and O–H groups in total. The molecule has 6 heteroatoms. The van der Waals surface area contributed by atoms with Crippen molar-refractivity contribution in [2.24, 2.45) is 0 Å². The Morgan fingerprint density at radius 1 is 1.17 bits per heavy atom. The van der Waals surface area contributed by atoms with Crippen LogP contribution in [0.5, 0.6) is 5.75 Å². The SMILES string of the molecule is COC(=O)CCN(C(=O)CCCOc1ccccc1)C(C)(C)CO. The molecule has 0 saturated carbocycles. The molecule has 1 rings (SSSR count). The van der Waals surface area contributed by atoms with Gasteiger partial charge in [-0.25, -0.2) is 0 Å². The minimum Gasteiger partial charge on any atom is -0.494 e. The number of amides is 1. The second-order valence-corrected chi connectivity index (χ2v) is 6.11. The van der Waals surface area contributed by atoms with E-state index in [1.54, 1.807) is 13.8 Å². The molecule has 1 amide bonds. The number of ether oxygens (including phenoxy) is 2. The van der Waals surface area contributed by atoms with Crippen molar-refractivity contribution in [2.45, 2.75) is 38.6 Å². The number of rotatable bonds is 10. The van der Waals surface area contributed by atoms with Crippen LogP contribution in [-0.4, -0.2) is 54.3 Å². The van der Waals surface area contributed by atoms with Crippen molar-refractivity contribution in [2.75, 3.05) is 26.9 Å². The quantitative estimate of drug-likeness (QED) is 0.522. The molecular formula is C18H27NO5. The maximum Gasteiger partial charge on any atom is 0.307 e. The molecule has 1 aromatic rings. The van der Waals surface area contributed by atoms with Crippen LogP contribution in [0.25, 0.3) is 0 Å². The van der Waals surface area contributed by atoms with Gasteiger partial charge in [-0.3, -0.25) is 9.59 Å². The predicted molar refractivity (Wildman–Crippen MR) is 90.7 cm³/mol. The molecule has 0 unspecified atom stereocenters.